The molecule has 3 aromatic rings. The minimum atomic E-state index is -0.309. The highest BCUT2D eigenvalue weighted by molar-refractivity contribution is 6.06. The minimum absolute atomic E-state index is 0.0276. The molecule has 0 unspecified atom stereocenters. The third kappa shape index (κ3) is 2.44. The maximum absolute atomic E-state index is 13.5. The number of fused-ring (bicyclic) bond motifs is 3. The number of aromatic nitrogens is 1. The van der Waals surface area contributed by atoms with E-state index in [1.807, 2.05) is 24.3 Å². The van der Waals surface area contributed by atoms with Crippen molar-refractivity contribution in [2.75, 3.05) is 7.05 Å². The van der Waals surface area contributed by atoms with Crippen molar-refractivity contribution in [3.05, 3.63) is 54.0 Å². The Morgan fingerprint density at radius 1 is 1.14 bits per heavy atom. The van der Waals surface area contributed by atoms with Crippen molar-refractivity contribution < 1.29 is 9.18 Å². The van der Waals surface area contributed by atoms with Gasteiger partial charge in [0.15, 0.2) is 0 Å². The van der Waals surface area contributed by atoms with Gasteiger partial charge >= 0.3 is 0 Å². The predicted molar refractivity (Wildman–Crippen MR) is 81.4 cm³/mol. The molecule has 0 bridgehead atoms. The van der Waals surface area contributed by atoms with Crippen LogP contribution in [0.1, 0.15) is 12.6 Å². The van der Waals surface area contributed by atoms with Crippen LogP contribution in [-0.4, -0.2) is 22.8 Å². The first kappa shape index (κ1) is 13.5. The predicted octanol–water partition coefficient (Wildman–Crippen LogP) is 3.51. The van der Waals surface area contributed by atoms with E-state index in [4.69, 9.17) is 0 Å². The number of hydrogen-bond acceptors (Lipinski definition) is 2. The first-order valence-corrected chi connectivity index (χ1v) is 6.75. The van der Waals surface area contributed by atoms with Crippen LogP contribution in [-0.2, 0) is 11.3 Å². The number of benzene rings is 2. The van der Waals surface area contributed by atoms with Crippen LogP contribution in [0.15, 0.2) is 42.5 Å². The number of carbonyl (C=O) groups is 1. The Morgan fingerprint density at radius 2 is 1.86 bits per heavy atom. The van der Waals surface area contributed by atoms with Crippen LogP contribution in [0.5, 0.6) is 0 Å². The summed E-state index contributed by atoms with van der Waals surface area (Å²) in [7, 11) is 1.73. The van der Waals surface area contributed by atoms with Gasteiger partial charge in [-0.2, -0.15) is 0 Å². The van der Waals surface area contributed by atoms with E-state index in [-0.39, 0.29) is 11.7 Å². The standard InChI is InChI=1S/C17H15FN2O/c1-11(21)20(2)10-17-14-6-4-3-5-13(14)15-8-7-12(18)9-16(15)19-17/h3-9H,10H2,1-2H3. The number of hydrogen-bond donors (Lipinski definition) is 0. The summed E-state index contributed by atoms with van der Waals surface area (Å²) >= 11 is 0. The van der Waals surface area contributed by atoms with Crippen LogP contribution >= 0.6 is 0 Å². The molecule has 1 heterocycles. The fourth-order valence-electron chi connectivity index (χ4n) is 2.46. The van der Waals surface area contributed by atoms with Crippen LogP contribution in [0.2, 0.25) is 0 Å². The number of halogens is 1. The quantitative estimate of drug-likeness (QED) is 0.674. The van der Waals surface area contributed by atoms with E-state index in [1.165, 1.54) is 19.1 Å². The molecule has 106 valence electrons. The summed E-state index contributed by atoms with van der Waals surface area (Å²) in [5, 5.41) is 2.93. The zero-order valence-electron chi connectivity index (χ0n) is 11.9. The first-order valence-electron chi connectivity index (χ1n) is 6.75. The highest BCUT2D eigenvalue weighted by Gasteiger charge is 2.11. The van der Waals surface area contributed by atoms with Crippen molar-refractivity contribution in [2.24, 2.45) is 0 Å². The minimum Gasteiger partial charge on any atom is -0.340 e. The van der Waals surface area contributed by atoms with Crippen molar-refractivity contribution in [1.29, 1.82) is 0 Å². The van der Waals surface area contributed by atoms with E-state index in [1.54, 1.807) is 18.0 Å². The zero-order chi connectivity index (χ0) is 15.0. The molecule has 2 aromatic carbocycles. The molecule has 0 aliphatic rings. The normalized spacial score (nSPS) is 11.0. The second kappa shape index (κ2) is 5.13. The summed E-state index contributed by atoms with van der Waals surface area (Å²) in [5.41, 5.74) is 1.39. The molecule has 0 radical (unpaired) electrons. The average Bonchev–Trinajstić information content (AvgIpc) is 2.47. The average molecular weight is 282 g/mol. The molecule has 0 aliphatic carbocycles. The molecular formula is C17H15FN2O. The Hall–Kier alpha value is -2.49. The van der Waals surface area contributed by atoms with Crippen molar-refractivity contribution >= 4 is 27.6 Å². The van der Waals surface area contributed by atoms with Gasteiger partial charge in [0.25, 0.3) is 0 Å². The summed E-state index contributed by atoms with van der Waals surface area (Å²) in [6, 6.07) is 12.5. The largest absolute Gasteiger partial charge is 0.340 e. The van der Waals surface area contributed by atoms with E-state index < -0.39 is 0 Å². The smallest absolute Gasteiger partial charge is 0.219 e. The fraction of sp³-hybridized carbons (Fsp3) is 0.176. The highest BCUT2D eigenvalue weighted by atomic mass is 19.1. The fourth-order valence-corrected chi connectivity index (χ4v) is 2.46. The van der Waals surface area contributed by atoms with Crippen molar-refractivity contribution in [2.45, 2.75) is 13.5 Å². The van der Waals surface area contributed by atoms with Gasteiger partial charge in [-0.15, -0.1) is 0 Å². The van der Waals surface area contributed by atoms with Crippen molar-refractivity contribution in [3.8, 4) is 0 Å². The summed E-state index contributed by atoms with van der Waals surface area (Å²) in [5.74, 6) is -0.337. The molecule has 1 amide bonds. The molecule has 3 nitrogen and oxygen atoms in total. The highest BCUT2D eigenvalue weighted by Crippen LogP contribution is 2.27. The van der Waals surface area contributed by atoms with Crippen molar-refractivity contribution in [3.63, 3.8) is 0 Å². The molecule has 0 saturated carbocycles. The maximum Gasteiger partial charge on any atom is 0.219 e. The Balaban J connectivity index is 2.28. The summed E-state index contributed by atoms with van der Waals surface area (Å²) in [6.45, 7) is 1.92. The third-order valence-electron chi connectivity index (χ3n) is 3.67. The zero-order valence-corrected chi connectivity index (χ0v) is 11.9. The van der Waals surface area contributed by atoms with E-state index >= 15 is 0 Å². The molecule has 0 atom stereocenters. The van der Waals surface area contributed by atoms with Gasteiger partial charge in [-0.25, -0.2) is 4.39 Å². The molecule has 21 heavy (non-hydrogen) atoms. The Kier molecular flexibility index (Phi) is 3.29. The summed E-state index contributed by atoms with van der Waals surface area (Å²) < 4.78 is 13.5. The van der Waals surface area contributed by atoms with Gasteiger partial charge in [-0.3, -0.25) is 9.78 Å². The van der Waals surface area contributed by atoms with Gasteiger partial charge < -0.3 is 4.90 Å². The molecule has 4 heteroatoms. The van der Waals surface area contributed by atoms with E-state index in [2.05, 4.69) is 4.98 Å². The Labute approximate surface area is 122 Å². The van der Waals surface area contributed by atoms with Crippen LogP contribution in [0, 0.1) is 5.82 Å². The van der Waals surface area contributed by atoms with Crippen LogP contribution in [0.3, 0.4) is 0 Å². The molecule has 0 saturated heterocycles. The van der Waals surface area contributed by atoms with E-state index in [0.29, 0.717) is 12.1 Å². The summed E-state index contributed by atoms with van der Waals surface area (Å²) in [6.07, 6.45) is 0. The van der Waals surface area contributed by atoms with Gasteiger partial charge in [0.2, 0.25) is 5.91 Å². The molecule has 0 N–H and O–H groups in total. The Bertz CT molecular complexity index is 845. The van der Waals surface area contributed by atoms with Gasteiger partial charge in [0.1, 0.15) is 5.82 Å². The molecule has 0 fully saturated rings. The van der Waals surface area contributed by atoms with Crippen molar-refractivity contribution in [1.82, 2.24) is 9.88 Å². The molecule has 1 aromatic heterocycles. The van der Waals surface area contributed by atoms with Gasteiger partial charge in [-0.05, 0) is 17.5 Å². The van der Waals surface area contributed by atoms with Gasteiger partial charge in [0, 0.05) is 30.8 Å². The lowest BCUT2D eigenvalue weighted by Gasteiger charge is -2.16. The third-order valence-corrected chi connectivity index (χ3v) is 3.67. The lowest BCUT2D eigenvalue weighted by atomic mass is 10.0. The monoisotopic (exact) mass is 282 g/mol. The van der Waals surface area contributed by atoms with Gasteiger partial charge in [-0.1, -0.05) is 24.3 Å². The molecule has 0 spiro atoms. The number of nitrogens with zero attached hydrogens (tertiary/aromatic N) is 2. The molecule has 0 aliphatic heterocycles. The topological polar surface area (TPSA) is 33.2 Å². The number of pyridine rings is 1. The lowest BCUT2D eigenvalue weighted by molar-refractivity contribution is -0.128. The second-order valence-corrected chi connectivity index (χ2v) is 5.14. The Morgan fingerprint density at radius 3 is 2.57 bits per heavy atom. The number of amides is 1. The number of carbonyl (C=O) groups excluding carboxylic acids is 1. The van der Waals surface area contributed by atoms with Crippen LogP contribution < -0.4 is 0 Å². The maximum atomic E-state index is 13.5. The van der Waals surface area contributed by atoms with Crippen LogP contribution in [0.25, 0.3) is 21.7 Å². The number of rotatable bonds is 2. The van der Waals surface area contributed by atoms with E-state index in [0.717, 1.165) is 21.9 Å². The SMILES string of the molecule is CC(=O)N(C)Cc1nc2cc(F)ccc2c2ccccc12. The van der Waals surface area contributed by atoms with Gasteiger partial charge in [0.05, 0.1) is 17.8 Å². The molecule has 3 rings (SSSR count). The van der Waals surface area contributed by atoms with Crippen LogP contribution in [0.4, 0.5) is 4.39 Å². The first-order chi connectivity index (χ1) is 10.1. The van der Waals surface area contributed by atoms with E-state index in [9.17, 15) is 9.18 Å². The lowest BCUT2D eigenvalue weighted by Crippen LogP contribution is -2.23. The molecular weight excluding hydrogens is 267 g/mol. The summed E-state index contributed by atoms with van der Waals surface area (Å²) in [4.78, 5) is 17.6. The second-order valence-electron chi connectivity index (χ2n) is 5.14.